The lowest BCUT2D eigenvalue weighted by Crippen LogP contribution is -2.29. The normalized spacial score (nSPS) is 13.5. The van der Waals surface area contributed by atoms with Gasteiger partial charge in [0.25, 0.3) is 0 Å². The number of carbonyl (C=O) groups is 1. The Kier molecular flexibility index (Phi) is 4.90. The van der Waals surface area contributed by atoms with Gasteiger partial charge in [0.1, 0.15) is 5.60 Å². The predicted molar refractivity (Wildman–Crippen MR) is 140 cm³/mol. The fourth-order valence-corrected chi connectivity index (χ4v) is 5.12. The highest BCUT2D eigenvalue weighted by molar-refractivity contribution is 6.09. The van der Waals surface area contributed by atoms with Crippen LogP contribution in [-0.2, 0) is 5.60 Å². The van der Waals surface area contributed by atoms with E-state index in [1.807, 2.05) is 74.5 Å². The van der Waals surface area contributed by atoms with Crippen molar-refractivity contribution >= 4 is 16.6 Å². The van der Waals surface area contributed by atoms with Gasteiger partial charge in [-0.2, -0.15) is 0 Å². The second-order valence-electron chi connectivity index (χ2n) is 9.50. The van der Waals surface area contributed by atoms with Crippen molar-refractivity contribution in [2.75, 3.05) is 7.11 Å². The van der Waals surface area contributed by atoms with E-state index in [0.717, 1.165) is 33.2 Å². The average molecular weight is 476 g/mol. The minimum absolute atomic E-state index is 0.00586. The van der Waals surface area contributed by atoms with Crippen LogP contribution in [0.1, 0.15) is 35.3 Å². The Hall–Kier alpha value is -4.51. The van der Waals surface area contributed by atoms with Gasteiger partial charge in [0.15, 0.2) is 17.3 Å². The Labute approximate surface area is 209 Å². The highest BCUT2D eigenvalue weighted by atomic mass is 16.5. The van der Waals surface area contributed by atoms with Crippen LogP contribution in [0, 0.1) is 0 Å². The van der Waals surface area contributed by atoms with Crippen LogP contribution in [0.3, 0.4) is 0 Å². The molecule has 0 amide bonds. The minimum Gasteiger partial charge on any atom is -0.502 e. The zero-order valence-electron chi connectivity index (χ0n) is 20.3. The maximum absolute atomic E-state index is 12.8. The Morgan fingerprint density at radius 1 is 0.861 bits per heavy atom. The van der Waals surface area contributed by atoms with Gasteiger partial charge in [-0.1, -0.05) is 42.5 Å². The van der Waals surface area contributed by atoms with Crippen LogP contribution < -0.4 is 9.47 Å². The second-order valence-corrected chi connectivity index (χ2v) is 9.50. The maximum Gasteiger partial charge on any atom is 0.201 e. The standard InChI is InChI=1S/C31H25NO4/c1-31(2)27-23(24-15-16-26(35-3)29(34)30(24)36-31)14-11-21-17-32(18-25(21)27)22-12-9-20(10-13-22)28(33)19-7-5-4-6-8-19/h4-18,34H,1-3H3. The first-order valence-electron chi connectivity index (χ1n) is 11.8. The summed E-state index contributed by atoms with van der Waals surface area (Å²) < 4.78 is 13.7. The minimum atomic E-state index is -0.677. The molecule has 0 saturated heterocycles. The summed E-state index contributed by atoms with van der Waals surface area (Å²) in [6.07, 6.45) is 4.18. The maximum atomic E-state index is 12.8. The van der Waals surface area contributed by atoms with Crippen LogP contribution >= 0.6 is 0 Å². The van der Waals surface area contributed by atoms with E-state index in [0.29, 0.717) is 22.6 Å². The van der Waals surface area contributed by atoms with E-state index in [-0.39, 0.29) is 11.5 Å². The van der Waals surface area contributed by atoms with Crippen LogP contribution in [0.2, 0.25) is 0 Å². The number of hydrogen-bond donors (Lipinski definition) is 1. The molecule has 0 fully saturated rings. The first kappa shape index (κ1) is 22.0. The highest BCUT2D eigenvalue weighted by Crippen LogP contribution is 2.53. The van der Waals surface area contributed by atoms with Crippen LogP contribution in [0.25, 0.3) is 27.6 Å². The molecule has 1 N–H and O–H groups in total. The molecule has 0 saturated carbocycles. The number of hydrogen-bond acceptors (Lipinski definition) is 4. The van der Waals surface area contributed by atoms with E-state index < -0.39 is 5.60 Å². The summed E-state index contributed by atoms with van der Waals surface area (Å²) in [6.45, 7) is 4.02. The molecule has 5 heteroatoms. The molecule has 0 bridgehead atoms. The number of aromatic hydroxyl groups is 1. The lowest BCUT2D eigenvalue weighted by molar-refractivity contribution is 0.102. The first-order chi connectivity index (χ1) is 17.4. The van der Waals surface area contributed by atoms with Gasteiger partial charge in [-0.3, -0.25) is 4.79 Å². The number of rotatable bonds is 4. The SMILES string of the molecule is COc1ccc2c(c1O)OC(C)(C)c1c-2ccc2cn(-c3ccc(C(=O)c4ccccc4)cc3)cc12. The number of carbonyl (C=O) groups excluding carboxylic acids is 1. The van der Waals surface area contributed by atoms with Gasteiger partial charge in [-0.25, -0.2) is 0 Å². The molecule has 1 aliphatic heterocycles. The van der Waals surface area contributed by atoms with Gasteiger partial charge in [-0.05, 0) is 55.8 Å². The fraction of sp³-hybridized carbons (Fsp3) is 0.129. The van der Waals surface area contributed by atoms with Gasteiger partial charge in [0.2, 0.25) is 5.75 Å². The molecule has 5 aromatic rings. The Bertz CT molecular complexity index is 1630. The van der Waals surface area contributed by atoms with Crippen molar-refractivity contribution in [3.8, 4) is 34.1 Å². The quantitative estimate of drug-likeness (QED) is 0.288. The number of ether oxygens (including phenoxy) is 2. The van der Waals surface area contributed by atoms with E-state index in [1.165, 1.54) is 7.11 Å². The summed E-state index contributed by atoms with van der Waals surface area (Å²) in [7, 11) is 1.53. The molecule has 2 heterocycles. The predicted octanol–water partition coefficient (Wildman–Crippen LogP) is 6.87. The number of phenolic OH excluding ortho intramolecular Hbond substituents is 1. The Balaban J connectivity index is 1.43. The summed E-state index contributed by atoms with van der Waals surface area (Å²) in [5.74, 6) is 0.835. The third kappa shape index (κ3) is 3.35. The smallest absolute Gasteiger partial charge is 0.201 e. The number of methoxy groups -OCH3 is 1. The first-order valence-corrected chi connectivity index (χ1v) is 11.8. The van der Waals surface area contributed by atoms with Crippen molar-refractivity contribution in [1.29, 1.82) is 0 Å². The molecule has 0 unspecified atom stereocenters. The van der Waals surface area contributed by atoms with Gasteiger partial charge in [0, 0.05) is 51.1 Å². The van der Waals surface area contributed by atoms with Crippen LogP contribution in [0.15, 0.2) is 91.3 Å². The van der Waals surface area contributed by atoms with Crippen LogP contribution in [0.5, 0.6) is 17.2 Å². The molecule has 0 radical (unpaired) electrons. The topological polar surface area (TPSA) is 60.7 Å². The monoisotopic (exact) mass is 475 g/mol. The summed E-state index contributed by atoms with van der Waals surface area (Å²) in [5, 5.41) is 12.9. The van der Waals surface area contributed by atoms with Crippen molar-refractivity contribution in [2.45, 2.75) is 19.4 Å². The number of aromatic nitrogens is 1. The zero-order chi connectivity index (χ0) is 25.0. The Morgan fingerprint density at radius 2 is 1.56 bits per heavy atom. The fourth-order valence-electron chi connectivity index (χ4n) is 5.12. The summed E-state index contributed by atoms with van der Waals surface area (Å²) in [4.78, 5) is 12.8. The number of nitrogens with zero attached hydrogens (tertiary/aromatic N) is 1. The van der Waals surface area contributed by atoms with Gasteiger partial charge in [0.05, 0.1) is 7.11 Å². The van der Waals surface area contributed by atoms with Crippen LogP contribution in [-0.4, -0.2) is 22.6 Å². The van der Waals surface area contributed by atoms with Crippen LogP contribution in [0.4, 0.5) is 0 Å². The van der Waals surface area contributed by atoms with Crippen molar-refractivity contribution < 1.29 is 19.4 Å². The molecule has 1 aromatic heterocycles. The molecule has 4 aromatic carbocycles. The van der Waals surface area contributed by atoms with E-state index >= 15 is 0 Å². The third-order valence-corrected chi connectivity index (χ3v) is 6.85. The summed E-state index contributed by atoms with van der Waals surface area (Å²) in [6, 6.07) is 24.8. The number of benzene rings is 4. The Morgan fingerprint density at radius 3 is 2.28 bits per heavy atom. The van der Waals surface area contributed by atoms with Crippen molar-refractivity contribution in [2.24, 2.45) is 0 Å². The van der Waals surface area contributed by atoms with Gasteiger partial charge in [-0.15, -0.1) is 0 Å². The molecule has 0 aliphatic carbocycles. The summed E-state index contributed by atoms with van der Waals surface area (Å²) >= 11 is 0. The van der Waals surface area contributed by atoms with E-state index in [9.17, 15) is 9.90 Å². The lowest BCUT2D eigenvalue weighted by Gasteiger charge is -2.36. The van der Waals surface area contributed by atoms with Gasteiger partial charge < -0.3 is 19.1 Å². The largest absolute Gasteiger partial charge is 0.502 e. The average Bonchev–Trinajstić information content (AvgIpc) is 3.33. The molecular weight excluding hydrogens is 450 g/mol. The van der Waals surface area contributed by atoms with Gasteiger partial charge >= 0.3 is 0 Å². The molecule has 1 aliphatic rings. The molecular formula is C31H25NO4. The van der Waals surface area contributed by atoms with E-state index in [2.05, 4.69) is 29.1 Å². The number of phenols is 1. The van der Waals surface area contributed by atoms with E-state index in [4.69, 9.17) is 9.47 Å². The molecule has 6 rings (SSSR count). The number of ketones is 1. The van der Waals surface area contributed by atoms with Crippen molar-refractivity contribution in [3.05, 3.63) is 108 Å². The molecule has 178 valence electrons. The molecule has 36 heavy (non-hydrogen) atoms. The highest BCUT2D eigenvalue weighted by Gasteiger charge is 2.36. The summed E-state index contributed by atoms with van der Waals surface area (Å²) in [5.41, 5.74) is 4.53. The molecule has 0 atom stereocenters. The van der Waals surface area contributed by atoms with Crippen molar-refractivity contribution in [3.63, 3.8) is 0 Å². The molecule has 0 spiro atoms. The number of fused-ring (bicyclic) bond motifs is 5. The zero-order valence-corrected chi connectivity index (χ0v) is 20.3. The third-order valence-electron chi connectivity index (χ3n) is 6.85. The molecule has 5 nitrogen and oxygen atoms in total. The van der Waals surface area contributed by atoms with E-state index in [1.54, 1.807) is 6.07 Å². The van der Waals surface area contributed by atoms with Crippen molar-refractivity contribution in [1.82, 2.24) is 4.57 Å². The lowest BCUT2D eigenvalue weighted by atomic mass is 9.83. The second kappa shape index (κ2) is 8.02.